The van der Waals surface area contributed by atoms with E-state index in [0.717, 1.165) is 44.0 Å². The van der Waals surface area contributed by atoms with E-state index in [0.29, 0.717) is 5.89 Å². The molecule has 6 heteroatoms. The number of aromatic nitrogens is 2. The van der Waals surface area contributed by atoms with Gasteiger partial charge in [0.1, 0.15) is 0 Å². The summed E-state index contributed by atoms with van der Waals surface area (Å²) in [5.74, 6) is 1.46. The molecule has 0 saturated carbocycles. The highest BCUT2D eigenvalue weighted by atomic mass is 32.1. The molecule has 5 nitrogen and oxygen atoms in total. The lowest BCUT2D eigenvalue weighted by atomic mass is 10.1. The third-order valence-electron chi connectivity index (χ3n) is 3.80. The van der Waals surface area contributed by atoms with Crippen molar-refractivity contribution in [2.24, 2.45) is 0 Å². The second-order valence-electron chi connectivity index (χ2n) is 5.14. The predicted octanol–water partition coefficient (Wildman–Crippen LogP) is 2.46. The van der Waals surface area contributed by atoms with Crippen molar-refractivity contribution in [1.82, 2.24) is 20.4 Å². The summed E-state index contributed by atoms with van der Waals surface area (Å²) >= 11 is 1.67. The molecule has 0 aromatic carbocycles. The normalized spacial score (nSPS) is 18.3. The maximum absolute atomic E-state index is 5.47. The number of aryl methyl sites for hydroxylation is 1. The maximum atomic E-state index is 5.47. The van der Waals surface area contributed by atoms with E-state index >= 15 is 0 Å². The van der Waals surface area contributed by atoms with Crippen LogP contribution in [-0.4, -0.2) is 41.2 Å². The van der Waals surface area contributed by atoms with Gasteiger partial charge >= 0.3 is 0 Å². The number of hydrogen-bond donors (Lipinski definition) is 1. The number of thiophene rings is 1. The van der Waals surface area contributed by atoms with Gasteiger partial charge in [0.15, 0.2) is 5.82 Å². The Labute approximate surface area is 123 Å². The van der Waals surface area contributed by atoms with Gasteiger partial charge in [-0.15, -0.1) is 0 Å². The van der Waals surface area contributed by atoms with Crippen LogP contribution < -0.4 is 5.32 Å². The molecule has 0 radical (unpaired) electrons. The van der Waals surface area contributed by atoms with E-state index in [1.54, 1.807) is 11.3 Å². The van der Waals surface area contributed by atoms with Crippen LogP contribution in [0.1, 0.15) is 30.8 Å². The number of nitrogens with zero attached hydrogens (tertiary/aromatic N) is 3. The Hall–Kier alpha value is -1.24. The molecule has 0 spiro atoms. The zero-order valence-electron chi connectivity index (χ0n) is 11.9. The molecule has 1 fully saturated rings. The minimum Gasteiger partial charge on any atom is -0.334 e. The van der Waals surface area contributed by atoms with Crippen LogP contribution in [0.15, 0.2) is 15.3 Å². The summed E-state index contributed by atoms with van der Waals surface area (Å²) < 4.78 is 5.47. The summed E-state index contributed by atoms with van der Waals surface area (Å²) in [6, 6.07) is 0.258. The van der Waals surface area contributed by atoms with Crippen molar-refractivity contribution < 1.29 is 4.52 Å². The third kappa shape index (κ3) is 2.63. The molecule has 108 valence electrons. The summed E-state index contributed by atoms with van der Waals surface area (Å²) in [5.41, 5.74) is 2.25. The van der Waals surface area contributed by atoms with Crippen molar-refractivity contribution in [3.05, 3.63) is 22.1 Å². The summed E-state index contributed by atoms with van der Waals surface area (Å²) in [6.07, 6.45) is 1.00. The second kappa shape index (κ2) is 6.03. The Morgan fingerprint density at radius 2 is 2.20 bits per heavy atom. The average Bonchev–Trinajstić information content (AvgIpc) is 3.10. The van der Waals surface area contributed by atoms with Gasteiger partial charge in [-0.25, -0.2) is 0 Å². The van der Waals surface area contributed by atoms with Gasteiger partial charge in [0, 0.05) is 31.6 Å². The quantitative estimate of drug-likeness (QED) is 0.938. The van der Waals surface area contributed by atoms with Crippen LogP contribution in [0.4, 0.5) is 0 Å². The van der Waals surface area contributed by atoms with Gasteiger partial charge in [0.2, 0.25) is 0 Å². The van der Waals surface area contributed by atoms with Crippen molar-refractivity contribution in [2.45, 2.75) is 26.3 Å². The smallest absolute Gasteiger partial charge is 0.259 e. The molecule has 3 rings (SSSR count). The first kappa shape index (κ1) is 13.7. The van der Waals surface area contributed by atoms with Gasteiger partial charge in [-0.2, -0.15) is 16.3 Å². The molecule has 1 N–H and O–H groups in total. The summed E-state index contributed by atoms with van der Waals surface area (Å²) in [4.78, 5) is 7.06. The summed E-state index contributed by atoms with van der Waals surface area (Å²) in [5, 5.41) is 11.8. The molecule has 1 aliphatic rings. The highest BCUT2D eigenvalue weighted by Gasteiger charge is 2.25. The fraction of sp³-hybridized carbons (Fsp3) is 0.571. The third-order valence-corrected chi connectivity index (χ3v) is 4.67. The van der Waals surface area contributed by atoms with Crippen molar-refractivity contribution >= 4 is 11.3 Å². The van der Waals surface area contributed by atoms with Crippen molar-refractivity contribution in [2.75, 3.05) is 26.2 Å². The zero-order valence-corrected chi connectivity index (χ0v) is 12.7. The van der Waals surface area contributed by atoms with Gasteiger partial charge in [-0.1, -0.05) is 12.1 Å². The maximum Gasteiger partial charge on any atom is 0.259 e. The molecule has 1 unspecified atom stereocenters. The molecule has 3 heterocycles. The number of piperazine rings is 1. The first-order valence-electron chi connectivity index (χ1n) is 7.11. The molecular formula is C14H20N4OS. The first-order valence-corrected chi connectivity index (χ1v) is 8.05. The molecule has 1 aliphatic heterocycles. The zero-order chi connectivity index (χ0) is 13.9. The van der Waals surface area contributed by atoms with Crippen LogP contribution >= 0.6 is 11.3 Å². The topological polar surface area (TPSA) is 54.2 Å². The lowest BCUT2D eigenvalue weighted by molar-refractivity contribution is 0.160. The van der Waals surface area contributed by atoms with E-state index in [1.165, 1.54) is 5.56 Å². The largest absolute Gasteiger partial charge is 0.334 e. The van der Waals surface area contributed by atoms with Crippen LogP contribution in [0.3, 0.4) is 0 Å². The van der Waals surface area contributed by atoms with E-state index in [4.69, 9.17) is 4.52 Å². The molecule has 0 aliphatic carbocycles. The lowest BCUT2D eigenvalue weighted by Crippen LogP contribution is -2.45. The average molecular weight is 292 g/mol. The fourth-order valence-corrected chi connectivity index (χ4v) is 3.48. The molecule has 2 aromatic rings. The van der Waals surface area contributed by atoms with Crippen LogP contribution in [0.25, 0.3) is 11.5 Å². The van der Waals surface area contributed by atoms with Crippen molar-refractivity contribution in [3.8, 4) is 11.5 Å². The molecule has 20 heavy (non-hydrogen) atoms. The van der Waals surface area contributed by atoms with Crippen molar-refractivity contribution in [3.63, 3.8) is 0 Å². The van der Waals surface area contributed by atoms with Gasteiger partial charge < -0.3 is 9.84 Å². The summed E-state index contributed by atoms with van der Waals surface area (Å²) in [6.45, 7) is 8.40. The minimum atomic E-state index is 0.258. The highest BCUT2D eigenvalue weighted by Crippen LogP contribution is 2.28. The number of rotatable bonds is 4. The van der Waals surface area contributed by atoms with Crippen LogP contribution in [-0.2, 0) is 0 Å². The minimum absolute atomic E-state index is 0.258. The van der Waals surface area contributed by atoms with E-state index < -0.39 is 0 Å². The molecule has 1 saturated heterocycles. The first-order chi connectivity index (χ1) is 9.79. The Kier molecular flexibility index (Phi) is 4.14. The van der Waals surface area contributed by atoms with Crippen LogP contribution in [0, 0.1) is 6.92 Å². The van der Waals surface area contributed by atoms with E-state index in [9.17, 15) is 0 Å². The van der Waals surface area contributed by atoms with Gasteiger partial charge in [0.25, 0.3) is 5.89 Å². The van der Waals surface area contributed by atoms with Gasteiger partial charge in [-0.3, -0.25) is 4.90 Å². The highest BCUT2D eigenvalue weighted by molar-refractivity contribution is 7.08. The van der Waals surface area contributed by atoms with Crippen molar-refractivity contribution in [1.29, 1.82) is 0 Å². The van der Waals surface area contributed by atoms with Gasteiger partial charge in [0.05, 0.1) is 11.6 Å². The molecular weight excluding hydrogens is 272 g/mol. The second-order valence-corrected chi connectivity index (χ2v) is 5.88. The monoisotopic (exact) mass is 292 g/mol. The Balaban J connectivity index is 1.82. The van der Waals surface area contributed by atoms with Crippen LogP contribution in [0.2, 0.25) is 0 Å². The fourth-order valence-electron chi connectivity index (χ4n) is 2.66. The van der Waals surface area contributed by atoms with E-state index in [-0.39, 0.29) is 6.04 Å². The summed E-state index contributed by atoms with van der Waals surface area (Å²) in [7, 11) is 0. The Bertz CT molecular complexity index is 559. The Morgan fingerprint density at radius 3 is 2.85 bits per heavy atom. The molecule has 2 aromatic heterocycles. The SMILES string of the molecule is CCC(c1noc(-c2cscc2C)n1)N1CCNCC1. The lowest BCUT2D eigenvalue weighted by Gasteiger charge is -2.32. The van der Waals surface area contributed by atoms with Crippen LogP contribution in [0.5, 0.6) is 0 Å². The Morgan fingerprint density at radius 1 is 1.40 bits per heavy atom. The van der Waals surface area contributed by atoms with Gasteiger partial charge in [-0.05, 0) is 24.3 Å². The molecule has 0 bridgehead atoms. The number of hydrogen-bond acceptors (Lipinski definition) is 6. The van der Waals surface area contributed by atoms with E-state index in [2.05, 4.69) is 45.0 Å². The molecule has 1 atom stereocenters. The standard InChI is InChI=1S/C14H20N4OS/c1-3-12(18-6-4-15-5-7-18)13-16-14(19-17-13)11-9-20-8-10(11)2/h8-9,12,15H,3-7H2,1-2H3. The van der Waals surface area contributed by atoms with E-state index in [1.807, 2.05) is 0 Å². The molecule has 0 amide bonds. The number of nitrogens with one attached hydrogen (secondary N) is 1. The predicted molar refractivity (Wildman–Crippen MR) is 79.8 cm³/mol.